The molecule has 0 saturated heterocycles. The van der Waals surface area contributed by atoms with E-state index in [0.717, 1.165) is 17.8 Å². The molecule has 0 radical (unpaired) electrons. The maximum Gasteiger partial charge on any atom is 0.0560 e. The second-order valence-electron chi connectivity index (χ2n) is 13.3. The Morgan fingerprint density at radius 3 is 1.40 bits per heavy atom. The Bertz CT molecular complexity index is 2520. The fourth-order valence-corrected chi connectivity index (χ4v) is 7.57. The van der Waals surface area contributed by atoms with Gasteiger partial charge in [-0.15, -0.1) is 0 Å². The second-order valence-corrected chi connectivity index (χ2v) is 13.3. The molecule has 52 heavy (non-hydrogen) atoms. The lowest BCUT2D eigenvalue weighted by atomic mass is 9.98. The van der Waals surface area contributed by atoms with Crippen molar-refractivity contribution in [2.75, 3.05) is 9.80 Å². The molecule has 1 atom stereocenters. The molecule has 9 rings (SSSR count). The molecule has 0 bridgehead atoms. The van der Waals surface area contributed by atoms with Crippen LogP contribution in [-0.2, 0) is 0 Å². The van der Waals surface area contributed by atoms with E-state index < -0.39 is 0 Å². The zero-order valence-electron chi connectivity index (χ0n) is 28.9. The normalized spacial score (nSPS) is 13.7. The molecule has 0 spiro atoms. The Kier molecular flexibility index (Phi) is 8.40. The number of anilines is 5. The van der Waals surface area contributed by atoms with Gasteiger partial charge in [-0.25, -0.2) is 0 Å². The van der Waals surface area contributed by atoms with Crippen LogP contribution in [0, 0.1) is 0 Å². The molecule has 0 N–H and O–H groups in total. The van der Waals surface area contributed by atoms with Crippen molar-refractivity contribution in [3.05, 3.63) is 212 Å². The number of hydrogen-bond acceptors (Lipinski definition) is 2. The fourth-order valence-electron chi connectivity index (χ4n) is 7.57. The molecule has 0 aliphatic heterocycles. The maximum atomic E-state index is 2.48. The van der Waals surface area contributed by atoms with Gasteiger partial charge in [-0.05, 0) is 88.0 Å². The Hall–Kier alpha value is -6.64. The van der Waals surface area contributed by atoms with Gasteiger partial charge >= 0.3 is 0 Å². The third kappa shape index (κ3) is 6.05. The largest absolute Gasteiger partial charge is 0.334 e. The highest BCUT2D eigenvalue weighted by Gasteiger charge is 2.21. The Labute approximate surface area is 305 Å². The van der Waals surface area contributed by atoms with E-state index in [1.54, 1.807) is 0 Å². The lowest BCUT2D eigenvalue weighted by Crippen LogP contribution is -2.29. The molecule has 2 heteroatoms. The minimum atomic E-state index is 0.249. The summed E-state index contributed by atoms with van der Waals surface area (Å²) in [7, 11) is 0. The fraction of sp³-hybridized carbons (Fsp3) is 0.0400. The van der Waals surface area contributed by atoms with E-state index in [1.807, 2.05) is 0 Å². The van der Waals surface area contributed by atoms with Crippen molar-refractivity contribution in [2.45, 2.75) is 12.5 Å². The van der Waals surface area contributed by atoms with Crippen LogP contribution in [-0.4, -0.2) is 6.04 Å². The number of rotatable bonds is 8. The van der Waals surface area contributed by atoms with Crippen molar-refractivity contribution in [3.8, 4) is 22.3 Å². The summed E-state index contributed by atoms with van der Waals surface area (Å²) in [5.41, 5.74) is 10.6. The van der Waals surface area contributed by atoms with Gasteiger partial charge in [0.05, 0.1) is 11.7 Å². The first-order valence-corrected chi connectivity index (χ1v) is 18.0. The van der Waals surface area contributed by atoms with Crippen molar-refractivity contribution in [3.63, 3.8) is 0 Å². The summed E-state index contributed by atoms with van der Waals surface area (Å²) in [4.78, 5) is 4.83. The summed E-state index contributed by atoms with van der Waals surface area (Å²) in [6.07, 6.45) is 9.85. The van der Waals surface area contributed by atoms with Crippen LogP contribution in [0.2, 0.25) is 0 Å². The third-order valence-electron chi connectivity index (χ3n) is 10.2. The molecular weight excluding hydrogens is 629 g/mol. The molecule has 1 aliphatic carbocycles. The van der Waals surface area contributed by atoms with Crippen LogP contribution < -0.4 is 9.80 Å². The third-order valence-corrected chi connectivity index (χ3v) is 10.2. The van der Waals surface area contributed by atoms with Gasteiger partial charge in [-0.1, -0.05) is 164 Å². The highest BCUT2D eigenvalue weighted by Crippen LogP contribution is 2.40. The Morgan fingerprint density at radius 2 is 0.827 bits per heavy atom. The van der Waals surface area contributed by atoms with Crippen LogP contribution in [0.3, 0.4) is 0 Å². The first kappa shape index (κ1) is 31.3. The van der Waals surface area contributed by atoms with Crippen LogP contribution in [0.25, 0.3) is 43.8 Å². The zero-order valence-corrected chi connectivity index (χ0v) is 28.9. The van der Waals surface area contributed by atoms with Crippen LogP contribution >= 0.6 is 0 Å². The summed E-state index contributed by atoms with van der Waals surface area (Å²) < 4.78 is 0. The molecule has 0 amide bonds. The molecule has 0 aromatic heterocycles. The average Bonchev–Trinajstić information content (AvgIpc) is 3.23. The maximum absolute atomic E-state index is 2.48. The molecule has 8 aromatic rings. The van der Waals surface area contributed by atoms with Gasteiger partial charge in [0.1, 0.15) is 0 Å². The van der Waals surface area contributed by atoms with E-state index in [0.29, 0.717) is 0 Å². The van der Waals surface area contributed by atoms with Gasteiger partial charge in [0.15, 0.2) is 0 Å². The summed E-state index contributed by atoms with van der Waals surface area (Å²) in [5.74, 6) is 0. The van der Waals surface area contributed by atoms with Crippen LogP contribution in [0.15, 0.2) is 212 Å². The topological polar surface area (TPSA) is 6.48 Å². The summed E-state index contributed by atoms with van der Waals surface area (Å²) in [6.45, 7) is 0. The molecule has 0 saturated carbocycles. The molecule has 8 aromatic carbocycles. The van der Waals surface area contributed by atoms with Gasteiger partial charge in [0.2, 0.25) is 0 Å². The van der Waals surface area contributed by atoms with Crippen molar-refractivity contribution in [1.82, 2.24) is 0 Å². The van der Waals surface area contributed by atoms with E-state index in [4.69, 9.17) is 0 Å². The summed E-state index contributed by atoms with van der Waals surface area (Å²) in [6, 6.07) is 68.2. The standard InChI is InChI=1S/C50H38N2/c1-3-17-43(18-4-1)51(49-23-11-15-41-13-7-9-21-47(41)49)45-33-29-39(30-34-45)37-25-27-38(28-26-37)40-31-35-46(36-32-40)52(44-19-5-2-6-20-44)50-24-12-16-42-14-8-10-22-48(42)50/h1-19,21-36,44H,20H2. The molecule has 1 unspecified atom stereocenters. The van der Waals surface area contributed by atoms with Gasteiger partial charge in [-0.3, -0.25) is 0 Å². The summed E-state index contributed by atoms with van der Waals surface area (Å²) >= 11 is 0. The van der Waals surface area contributed by atoms with Gasteiger partial charge in [-0.2, -0.15) is 0 Å². The van der Waals surface area contributed by atoms with Crippen molar-refractivity contribution in [2.24, 2.45) is 0 Å². The van der Waals surface area contributed by atoms with E-state index in [9.17, 15) is 0 Å². The highest BCUT2D eigenvalue weighted by molar-refractivity contribution is 5.99. The first-order chi connectivity index (χ1) is 25.8. The number of allylic oxidation sites excluding steroid dienone is 2. The second kappa shape index (κ2) is 13.9. The van der Waals surface area contributed by atoms with Crippen LogP contribution in [0.4, 0.5) is 28.4 Å². The number of benzene rings is 8. The van der Waals surface area contributed by atoms with Crippen molar-refractivity contribution in [1.29, 1.82) is 0 Å². The first-order valence-electron chi connectivity index (χ1n) is 18.0. The molecule has 0 heterocycles. The number of fused-ring (bicyclic) bond motifs is 2. The molecule has 1 aliphatic rings. The van der Waals surface area contributed by atoms with Crippen molar-refractivity contribution >= 4 is 50.0 Å². The predicted octanol–water partition coefficient (Wildman–Crippen LogP) is 13.8. The monoisotopic (exact) mass is 666 g/mol. The highest BCUT2D eigenvalue weighted by atomic mass is 15.2. The van der Waals surface area contributed by atoms with Gasteiger partial charge < -0.3 is 9.80 Å². The number of para-hydroxylation sites is 1. The van der Waals surface area contributed by atoms with Crippen LogP contribution in [0.5, 0.6) is 0 Å². The SMILES string of the molecule is C1=CCC(N(c2ccc(-c3ccc(-c4ccc(N(c5ccccc5)c5cccc6ccccc56)cc4)cc3)cc2)c2cccc3ccccc23)C=C1. The Morgan fingerprint density at radius 1 is 0.365 bits per heavy atom. The molecule has 2 nitrogen and oxygen atoms in total. The van der Waals surface area contributed by atoms with E-state index in [-0.39, 0.29) is 6.04 Å². The quantitative estimate of drug-likeness (QED) is 0.159. The van der Waals surface area contributed by atoms with Gasteiger partial charge in [0, 0.05) is 33.5 Å². The van der Waals surface area contributed by atoms with Crippen molar-refractivity contribution < 1.29 is 0 Å². The molecular formula is C50H38N2. The minimum Gasteiger partial charge on any atom is -0.334 e. The van der Waals surface area contributed by atoms with Crippen LogP contribution in [0.1, 0.15) is 6.42 Å². The van der Waals surface area contributed by atoms with E-state index in [1.165, 1.54) is 60.9 Å². The number of hydrogen-bond donors (Lipinski definition) is 0. The average molecular weight is 667 g/mol. The van der Waals surface area contributed by atoms with Gasteiger partial charge in [0.25, 0.3) is 0 Å². The zero-order chi connectivity index (χ0) is 34.7. The lowest BCUT2D eigenvalue weighted by molar-refractivity contribution is 0.787. The minimum absolute atomic E-state index is 0.249. The predicted molar refractivity (Wildman–Crippen MR) is 222 cm³/mol. The Balaban J connectivity index is 0.992. The molecule has 248 valence electrons. The lowest BCUT2D eigenvalue weighted by Gasteiger charge is -2.33. The summed E-state index contributed by atoms with van der Waals surface area (Å²) in [5, 5.41) is 4.98. The molecule has 0 fully saturated rings. The van der Waals surface area contributed by atoms with E-state index in [2.05, 4.69) is 222 Å². The number of nitrogens with zero attached hydrogens (tertiary/aromatic N) is 2. The van der Waals surface area contributed by atoms with E-state index >= 15 is 0 Å². The smallest absolute Gasteiger partial charge is 0.0560 e.